The number of aromatic nitrogens is 2. The summed E-state index contributed by atoms with van der Waals surface area (Å²) in [5, 5.41) is 14.2. The summed E-state index contributed by atoms with van der Waals surface area (Å²) in [6, 6.07) is 106. The van der Waals surface area contributed by atoms with E-state index in [1.807, 2.05) is 0 Å². The molecule has 0 spiro atoms. The molecule has 0 unspecified atom stereocenters. The number of benzene rings is 14. The Labute approximate surface area is 520 Å². The minimum atomic E-state index is -0.263. The molecule has 0 fully saturated rings. The van der Waals surface area contributed by atoms with Gasteiger partial charge in [-0.2, -0.15) is 0 Å². The van der Waals surface area contributed by atoms with Crippen molar-refractivity contribution in [2.75, 3.05) is 9.80 Å². The summed E-state index contributed by atoms with van der Waals surface area (Å²) in [4.78, 5) is 5.16. The fourth-order valence-electron chi connectivity index (χ4n) is 16.8. The van der Waals surface area contributed by atoms with Crippen LogP contribution in [0, 0.1) is 0 Å². The first kappa shape index (κ1) is 48.0. The van der Waals surface area contributed by atoms with Crippen LogP contribution in [0.2, 0.25) is 0 Å². The Hall–Kier alpha value is -12.1. The van der Waals surface area contributed by atoms with Crippen LogP contribution in [-0.2, 0) is 0 Å². The van der Waals surface area contributed by atoms with Crippen molar-refractivity contribution in [1.82, 2.24) is 8.80 Å². The number of furan rings is 2. The normalized spacial score (nSPS) is 13.2. The Morgan fingerprint density at radius 3 is 1.04 bits per heavy atom. The van der Waals surface area contributed by atoms with E-state index in [1.54, 1.807) is 0 Å². The highest BCUT2D eigenvalue weighted by Crippen LogP contribution is 2.55. The van der Waals surface area contributed by atoms with Crippen LogP contribution in [0.25, 0.3) is 153 Å². The van der Waals surface area contributed by atoms with Crippen molar-refractivity contribution in [2.24, 2.45) is 0 Å². The van der Waals surface area contributed by atoms with Gasteiger partial charge >= 0.3 is 0 Å². The standard InChI is InChI=1S/C84H47BN4O2/c1-2-20-48(21-3-1)49-46-74-78-75(47-49)89(69-31-13-5-23-53(69)51-44-64-56-26-8-16-34-72(56)87-73-35-17-9-27-57(73)65(45-51)80(64)87)82-67(41-39-61-59-29-11-19-37-77(59)91-84(61)82)85(78)66-40-38-60-58-28-10-18-36-76(58)90-83(60)81(66)88(74)68-30-12-4-22-52(68)50-42-62-54-24-6-14-32-70(54)86-71-33-15-7-25-55(71)63(43-50)79(62)86/h1-47H. The summed E-state index contributed by atoms with van der Waals surface area (Å²) in [5.41, 5.74) is 27.3. The molecule has 20 aromatic rings. The van der Waals surface area contributed by atoms with Gasteiger partial charge in [-0.05, 0) is 124 Å². The van der Waals surface area contributed by atoms with Gasteiger partial charge in [0, 0.05) is 87.1 Å². The summed E-state index contributed by atoms with van der Waals surface area (Å²) in [5.74, 6) is 0. The van der Waals surface area contributed by atoms with Crippen LogP contribution in [0.15, 0.2) is 294 Å². The van der Waals surface area contributed by atoms with Gasteiger partial charge in [0.05, 0.1) is 55.8 Å². The lowest BCUT2D eigenvalue weighted by Crippen LogP contribution is -2.61. The second kappa shape index (κ2) is 17.4. The first-order chi connectivity index (χ1) is 45.2. The highest BCUT2D eigenvalue weighted by molar-refractivity contribution is 7.01. The molecule has 2 aliphatic heterocycles. The highest BCUT2D eigenvalue weighted by atomic mass is 16.3. The molecule has 0 bridgehead atoms. The number of fused-ring (bicyclic) bond motifs is 24. The molecule has 2 aliphatic rings. The lowest BCUT2D eigenvalue weighted by atomic mass is 9.33. The van der Waals surface area contributed by atoms with E-state index < -0.39 is 0 Å². The van der Waals surface area contributed by atoms with Gasteiger partial charge in [0.15, 0.2) is 11.2 Å². The zero-order valence-corrected chi connectivity index (χ0v) is 48.8. The molecule has 6 aromatic heterocycles. The molecule has 6 nitrogen and oxygen atoms in total. The Bertz CT molecular complexity index is 6020. The van der Waals surface area contributed by atoms with E-state index >= 15 is 0 Å². The molecule has 22 rings (SSSR count). The van der Waals surface area contributed by atoms with Gasteiger partial charge in [0.1, 0.15) is 11.2 Å². The average Bonchev–Trinajstić information content (AvgIpc) is 1.47. The molecule has 0 aliphatic carbocycles. The van der Waals surface area contributed by atoms with Crippen LogP contribution in [0.4, 0.5) is 34.1 Å². The molecule has 0 atom stereocenters. The van der Waals surface area contributed by atoms with Crippen molar-refractivity contribution in [2.45, 2.75) is 0 Å². The van der Waals surface area contributed by atoms with Crippen molar-refractivity contribution in [3.8, 4) is 33.4 Å². The smallest absolute Gasteiger partial charge is 0.252 e. The van der Waals surface area contributed by atoms with E-state index in [0.717, 1.165) is 122 Å². The van der Waals surface area contributed by atoms with Gasteiger partial charge in [-0.25, -0.2) is 0 Å². The zero-order chi connectivity index (χ0) is 58.9. The van der Waals surface area contributed by atoms with E-state index in [1.165, 1.54) is 81.7 Å². The Morgan fingerprint density at radius 2 is 0.615 bits per heavy atom. The topological polar surface area (TPSA) is 41.6 Å². The predicted octanol–water partition coefficient (Wildman–Crippen LogP) is 20.9. The SMILES string of the molecule is c1ccc(-c2cc3c4c(c2)N(c2ccccc2-c2cc5c6ccccc6n6c7ccccc7c(c2)c56)c2c(ccc5c2oc2ccccc25)B4c2ccc4c(oc5ccccc54)c2N3c2ccccc2-c2cc3c4ccccc4n4c5ccccc5c(c2)c34)cc1. The van der Waals surface area contributed by atoms with Crippen LogP contribution in [-0.4, -0.2) is 15.5 Å². The molecule has 0 saturated heterocycles. The van der Waals surface area contributed by atoms with Crippen LogP contribution < -0.4 is 26.2 Å². The van der Waals surface area contributed by atoms with E-state index in [0.29, 0.717) is 0 Å². The lowest BCUT2D eigenvalue weighted by molar-refractivity contribution is 0.669. The number of anilines is 6. The molecule has 0 saturated carbocycles. The van der Waals surface area contributed by atoms with E-state index in [-0.39, 0.29) is 6.71 Å². The van der Waals surface area contributed by atoms with Crippen LogP contribution >= 0.6 is 0 Å². The summed E-state index contributed by atoms with van der Waals surface area (Å²) in [6.45, 7) is -0.263. The lowest BCUT2D eigenvalue weighted by Gasteiger charge is -2.45. The number of rotatable bonds is 5. The summed E-state index contributed by atoms with van der Waals surface area (Å²) in [7, 11) is 0. The molecular formula is C84H47BN4O2. The number of nitrogens with zero attached hydrogens (tertiary/aromatic N) is 4. The fraction of sp³-hybridized carbons (Fsp3) is 0. The first-order valence-corrected chi connectivity index (χ1v) is 31.4. The molecule has 91 heavy (non-hydrogen) atoms. The predicted molar refractivity (Wildman–Crippen MR) is 381 cm³/mol. The molecule has 0 radical (unpaired) electrons. The Kier molecular flexibility index (Phi) is 9.17. The maximum atomic E-state index is 7.37. The first-order valence-electron chi connectivity index (χ1n) is 31.4. The fourth-order valence-corrected chi connectivity index (χ4v) is 16.8. The number of para-hydroxylation sites is 8. The van der Waals surface area contributed by atoms with Crippen molar-refractivity contribution >= 4 is 177 Å². The van der Waals surface area contributed by atoms with Gasteiger partial charge in [-0.3, -0.25) is 0 Å². The highest BCUT2D eigenvalue weighted by Gasteiger charge is 2.47. The monoisotopic (exact) mass is 1150 g/mol. The average molecular weight is 1160 g/mol. The van der Waals surface area contributed by atoms with Crippen molar-refractivity contribution in [3.63, 3.8) is 0 Å². The van der Waals surface area contributed by atoms with E-state index in [4.69, 9.17) is 8.83 Å². The third kappa shape index (κ3) is 6.17. The molecular weight excluding hydrogens is 1110 g/mol. The Morgan fingerprint density at radius 1 is 0.253 bits per heavy atom. The van der Waals surface area contributed by atoms with Gasteiger partial charge in [0.2, 0.25) is 0 Å². The summed E-state index contributed by atoms with van der Waals surface area (Å²) >= 11 is 0. The van der Waals surface area contributed by atoms with Gasteiger partial charge in [-0.1, -0.05) is 200 Å². The summed E-state index contributed by atoms with van der Waals surface area (Å²) in [6.07, 6.45) is 0. The third-order valence-corrected chi connectivity index (χ3v) is 20.5. The van der Waals surface area contributed by atoms with Crippen molar-refractivity contribution in [1.29, 1.82) is 0 Å². The number of hydrogen-bond acceptors (Lipinski definition) is 4. The van der Waals surface area contributed by atoms with Crippen molar-refractivity contribution in [3.05, 3.63) is 285 Å². The minimum Gasteiger partial charge on any atom is -0.454 e. The molecule has 0 amide bonds. The van der Waals surface area contributed by atoms with Gasteiger partial charge in [-0.15, -0.1) is 0 Å². The maximum absolute atomic E-state index is 7.37. The molecule has 8 heterocycles. The van der Waals surface area contributed by atoms with Gasteiger partial charge in [0.25, 0.3) is 6.71 Å². The van der Waals surface area contributed by atoms with Crippen molar-refractivity contribution < 1.29 is 8.83 Å². The van der Waals surface area contributed by atoms with Crippen LogP contribution in [0.5, 0.6) is 0 Å². The number of hydrogen-bond donors (Lipinski definition) is 0. The summed E-state index contributed by atoms with van der Waals surface area (Å²) < 4.78 is 19.7. The van der Waals surface area contributed by atoms with Gasteiger partial charge < -0.3 is 27.4 Å². The molecule has 14 aromatic carbocycles. The Balaban J connectivity index is 0.880. The quantitative estimate of drug-likeness (QED) is 0.161. The maximum Gasteiger partial charge on any atom is 0.252 e. The van der Waals surface area contributed by atoms with E-state index in [2.05, 4.69) is 304 Å². The second-order valence-electron chi connectivity index (χ2n) is 25.0. The van der Waals surface area contributed by atoms with E-state index in [9.17, 15) is 0 Å². The van der Waals surface area contributed by atoms with Crippen LogP contribution in [0.3, 0.4) is 0 Å². The molecule has 0 N–H and O–H groups in total. The van der Waals surface area contributed by atoms with Crippen LogP contribution in [0.1, 0.15) is 0 Å². The minimum absolute atomic E-state index is 0.263. The largest absolute Gasteiger partial charge is 0.454 e. The molecule has 7 heteroatoms. The molecule has 418 valence electrons. The second-order valence-corrected chi connectivity index (χ2v) is 25.0. The zero-order valence-electron chi connectivity index (χ0n) is 48.8. The third-order valence-electron chi connectivity index (χ3n) is 20.5.